The highest BCUT2D eigenvalue weighted by atomic mass is 79.9. The van der Waals surface area contributed by atoms with Crippen LogP contribution in [0.3, 0.4) is 0 Å². The van der Waals surface area contributed by atoms with Crippen molar-refractivity contribution in [2.24, 2.45) is 0 Å². The molecular formula is C13H9BrF2N2O. The van der Waals surface area contributed by atoms with E-state index < -0.39 is 17.5 Å². The standard InChI is InChI=1S/C13H9BrF2N2O/c14-7-4-5-11(10(17)6-7)18-13(19)8-2-1-3-9(15)12(8)16/h1-6H,17H2,(H,18,19). The summed E-state index contributed by atoms with van der Waals surface area (Å²) in [6.07, 6.45) is 0. The number of rotatable bonds is 2. The summed E-state index contributed by atoms with van der Waals surface area (Å²) < 4.78 is 27.2. The van der Waals surface area contributed by atoms with Crippen LogP contribution in [0.4, 0.5) is 20.2 Å². The maximum atomic E-state index is 13.4. The Morgan fingerprint density at radius 3 is 2.63 bits per heavy atom. The third kappa shape index (κ3) is 2.90. The van der Waals surface area contributed by atoms with Crippen molar-refractivity contribution in [3.63, 3.8) is 0 Å². The highest BCUT2D eigenvalue weighted by molar-refractivity contribution is 9.10. The predicted molar refractivity (Wildman–Crippen MR) is 72.9 cm³/mol. The number of nitrogens with two attached hydrogens (primary N) is 1. The third-order valence-corrected chi connectivity index (χ3v) is 2.95. The first kappa shape index (κ1) is 13.5. The first-order valence-corrected chi connectivity index (χ1v) is 6.08. The molecule has 0 fully saturated rings. The molecule has 98 valence electrons. The Kier molecular flexibility index (Phi) is 3.80. The molecule has 2 rings (SSSR count). The van der Waals surface area contributed by atoms with Crippen molar-refractivity contribution < 1.29 is 13.6 Å². The fraction of sp³-hybridized carbons (Fsp3) is 0. The summed E-state index contributed by atoms with van der Waals surface area (Å²) in [5, 5.41) is 2.43. The Bertz CT molecular complexity index is 647. The van der Waals surface area contributed by atoms with Gasteiger partial charge in [0.2, 0.25) is 0 Å². The minimum Gasteiger partial charge on any atom is -0.397 e. The molecule has 6 heteroatoms. The van der Waals surface area contributed by atoms with Crippen molar-refractivity contribution >= 4 is 33.2 Å². The average molecular weight is 327 g/mol. The van der Waals surface area contributed by atoms with Crippen LogP contribution in [0.25, 0.3) is 0 Å². The molecular weight excluding hydrogens is 318 g/mol. The van der Waals surface area contributed by atoms with Gasteiger partial charge >= 0.3 is 0 Å². The lowest BCUT2D eigenvalue weighted by Crippen LogP contribution is -2.15. The molecule has 3 nitrogen and oxygen atoms in total. The van der Waals surface area contributed by atoms with Crippen LogP contribution >= 0.6 is 15.9 Å². The average Bonchev–Trinajstić information content (AvgIpc) is 2.36. The van der Waals surface area contributed by atoms with Gasteiger partial charge in [0.1, 0.15) is 0 Å². The second-order valence-corrected chi connectivity index (χ2v) is 4.70. The second-order valence-electron chi connectivity index (χ2n) is 3.79. The van der Waals surface area contributed by atoms with Crippen LogP contribution in [0.2, 0.25) is 0 Å². The van der Waals surface area contributed by atoms with Gasteiger partial charge in [0.05, 0.1) is 16.9 Å². The quantitative estimate of drug-likeness (QED) is 0.829. The molecule has 3 N–H and O–H groups in total. The van der Waals surface area contributed by atoms with Gasteiger partial charge in [-0.2, -0.15) is 0 Å². The zero-order valence-electron chi connectivity index (χ0n) is 9.58. The Hall–Kier alpha value is -1.95. The van der Waals surface area contributed by atoms with Gasteiger partial charge in [-0.05, 0) is 30.3 Å². The number of amides is 1. The summed E-state index contributed by atoms with van der Waals surface area (Å²) in [4.78, 5) is 11.8. The van der Waals surface area contributed by atoms with Gasteiger partial charge < -0.3 is 11.1 Å². The van der Waals surface area contributed by atoms with Crippen molar-refractivity contribution in [1.82, 2.24) is 0 Å². The Morgan fingerprint density at radius 1 is 1.21 bits per heavy atom. The molecule has 19 heavy (non-hydrogen) atoms. The van der Waals surface area contributed by atoms with Crippen LogP contribution in [0.15, 0.2) is 40.9 Å². The van der Waals surface area contributed by atoms with Gasteiger partial charge in [0.25, 0.3) is 5.91 Å². The molecule has 0 aromatic heterocycles. The van der Waals surface area contributed by atoms with Crippen LogP contribution in [-0.2, 0) is 0 Å². The minimum absolute atomic E-state index is 0.319. The molecule has 0 radical (unpaired) electrons. The maximum absolute atomic E-state index is 13.4. The van der Waals surface area contributed by atoms with E-state index in [1.54, 1.807) is 18.2 Å². The summed E-state index contributed by atoms with van der Waals surface area (Å²) in [7, 11) is 0. The van der Waals surface area contributed by atoms with Gasteiger partial charge in [-0.15, -0.1) is 0 Å². The number of carbonyl (C=O) groups excluding carboxylic acids is 1. The lowest BCUT2D eigenvalue weighted by atomic mass is 10.2. The first-order chi connectivity index (χ1) is 8.99. The molecule has 0 atom stereocenters. The van der Waals surface area contributed by atoms with Crippen LogP contribution in [0.5, 0.6) is 0 Å². The summed E-state index contributed by atoms with van der Waals surface area (Å²) >= 11 is 3.23. The number of carbonyl (C=O) groups is 1. The van der Waals surface area contributed by atoms with E-state index in [2.05, 4.69) is 21.2 Å². The number of hydrogen-bond donors (Lipinski definition) is 2. The summed E-state index contributed by atoms with van der Waals surface area (Å²) in [5.74, 6) is -3.02. The van der Waals surface area contributed by atoms with E-state index in [-0.39, 0.29) is 5.56 Å². The highest BCUT2D eigenvalue weighted by Gasteiger charge is 2.15. The van der Waals surface area contributed by atoms with E-state index in [0.29, 0.717) is 11.4 Å². The predicted octanol–water partition coefficient (Wildman–Crippen LogP) is 3.56. The molecule has 0 aliphatic carbocycles. The maximum Gasteiger partial charge on any atom is 0.258 e. The van der Waals surface area contributed by atoms with Crippen LogP contribution < -0.4 is 11.1 Å². The van der Waals surface area contributed by atoms with Crippen LogP contribution in [0, 0.1) is 11.6 Å². The van der Waals surface area contributed by atoms with E-state index in [4.69, 9.17) is 5.73 Å². The number of nitrogens with one attached hydrogen (secondary N) is 1. The van der Waals surface area contributed by atoms with E-state index >= 15 is 0 Å². The Morgan fingerprint density at radius 2 is 1.95 bits per heavy atom. The van der Waals surface area contributed by atoms with Crippen molar-refractivity contribution in [2.75, 3.05) is 11.1 Å². The van der Waals surface area contributed by atoms with E-state index in [1.807, 2.05) is 0 Å². The number of hydrogen-bond acceptors (Lipinski definition) is 2. The van der Waals surface area contributed by atoms with Crippen LogP contribution in [0.1, 0.15) is 10.4 Å². The molecule has 0 aliphatic rings. The van der Waals surface area contributed by atoms with E-state index in [1.165, 1.54) is 12.1 Å². The first-order valence-electron chi connectivity index (χ1n) is 5.29. The smallest absolute Gasteiger partial charge is 0.258 e. The SMILES string of the molecule is Nc1cc(Br)ccc1NC(=O)c1cccc(F)c1F. The lowest BCUT2D eigenvalue weighted by molar-refractivity contribution is 0.102. The minimum atomic E-state index is -1.18. The van der Waals surface area contributed by atoms with Gasteiger partial charge in [0, 0.05) is 4.47 Å². The Balaban J connectivity index is 2.28. The summed E-state index contributed by atoms with van der Waals surface area (Å²) in [5.41, 5.74) is 5.98. The normalized spacial score (nSPS) is 10.3. The van der Waals surface area contributed by atoms with Crippen molar-refractivity contribution in [3.05, 3.63) is 58.1 Å². The molecule has 0 unspecified atom stereocenters. The molecule has 2 aromatic carbocycles. The third-order valence-electron chi connectivity index (χ3n) is 2.46. The Labute approximate surface area is 116 Å². The molecule has 0 aliphatic heterocycles. The topological polar surface area (TPSA) is 55.1 Å². The van der Waals surface area contributed by atoms with E-state index in [9.17, 15) is 13.6 Å². The molecule has 0 heterocycles. The molecule has 0 saturated carbocycles. The summed E-state index contributed by atoms with van der Waals surface area (Å²) in [6, 6.07) is 8.24. The number of halogens is 3. The highest BCUT2D eigenvalue weighted by Crippen LogP contribution is 2.24. The number of nitrogen functional groups attached to an aromatic ring is 1. The number of anilines is 2. The zero-order valence-corrected chi connectivity index (χ0v) is 11.2. The van der Waals surface area contributed by atoms with Crippen molar-refractivity contribution in [1.29, 1.82) is 0 Å². The fourth-order valence-electron chi connectivity index (χ4n) is 1.52. The molecule has 1 amide bonds. The van der Waals surface area contributed by atoms with Gasteiger partial charge in [0.15, 0.2) is 11.6 Å². The lowest BCUT2D eigenvalue weighted by Gasteiger charge is -2.09. The second kappa shape index (κ2) is 5.36. The monoisotopic (exact) mass is 326 g/mol. The van der Waals surface area contributed by atoms with Crippen molar-refractivity contribution in [2.45, 2.75) is 0 Å². The summed E-state index contributed by atoms with van der Waals surface area (Å²) in [6.45, 7) is 0. The largest absolute Gasteiger partial charge is 0.397 e. The van der Waals surface area contributed by atoms with E-state index in [0.717, 1.165) is 10.5 Å². The van der Waals surface area contributed by atoms with Gasteiger partial charge in [-0.3, -0.25) is 4.79 Å². The molecule has 2 aromatic rings. The van der Waals surface area contributed by atoms with Gasteiger partial charge in [-0.1, -0.05) is 22.0 Å². The van der Waals surface area contributed by atoms with Crippen LogP contribution in [-0.4, -0.2) is 5.91 Å². The van der Waals surface area contributed by atoms with Crippen molar-refractivity contribution in [3.8, 4) is 0 Å². The molecule has 0 saturated heterocycles. The number of benzene rings is 2. The zero-order chi connectivity index (χ0) is 14.0. The molecule has 0 bridgehead atoms. The fourth-order valence-corrected chi connectivity index (χ4v) is 1.90. The van der Waals surface area contributed by atoms with Gasteiger partial charge in [-0.25, -0.2) is 8.78 Å². The molecule has 0 spiro atoms.